The van der Waals surface area contributed by atoms with Gasteiger partial charge in [0.05, 0.1) is 12.4 Å². The van der Waals surface area contributed by atoms with Crippen molar-refractivity contribution in [3.05, 3.63) is 54.9 Å². The molecule has 0 aliphatic carbocycles. The Hall–Kier alpha value is -2.87. The van der Waals surface area contributed by atoms with Gasteiger partial charge in [0.1, 0.15) is 6.33 Å². The minimum atomic E-state index is -0.383. The first-order valence-electron chi connectivity index (χ1n) is 7.98. The molecule has 0 aliphatic heterocycles. The SMILES string of the molecule is C=CCn1cnnc1SCC(=O)Nc1ccc(/C=C/C(=O)OCC)cc1. The first-order chi connectivity index (χ1) is 12.6. The summed E-state index contributed by atoms with van der Waals surface area (Å²) in [7, 11) is 0. The molecule has 0 unspecified atom stereocenters. The Bertz CT molecular complexity index is 784. The molecular weight excluding hydrogens is 352 g/mol. The number of hydrogen-bond donors (Lipinski definition) is 1. The van der Waals surface area contributed by atoms with Crippen LogP contribution in [0.1, 0.15) is 12.5 Å². The lowest BCUT2D eigenvalue weighted by Crippen LogP contribution is -2.14. The maximum atomic E-state index is 12.1. The van der Waals surface area contributed by atoms with Crippen LogP contribution in [0.3, 0.4) is 0 Å². The topological polar surface area (TPSA) is 86.1 Å². The van der Waals surface area contributed by atoms with E-state index in [2.05, 4.69) is 22.1 Å². The zero-order valence-electron chi connectivity index (χ0n) is 14.4. The van der Waals surface area contributed by atoms with E-state index in [0.717, 1.165) is 5.56 Å². The molecule has 0 radical (unpaired) electrons. The molecule has 8 heteroatoms. The molecule has 26 heavy (non-hydrogen) atoms. The van der Waals surface area contributed by atoms with Crippen LogP contribution in [0, 0.1) is 0 Å². The fraction of sp³-hybridized carbons (Fsp3) is 0.222. The quantitative estimate of drug-likeness (QED) is 0.315. The average molecular weight is 372 g/mol. The second-order valence-corrected chi connectivity index (χ2v) is 6.04. The Morgan fingerprint density at radius 2 is 2.12 bits per heavy atom. The molecule has 0 saturated carbocycles. The van der Waals surface area contributed by atoms with Crippen LogP contribution >= 0.6 is 11.8 Å². The number of amides is 1. The van der Waals surface area contributed by atoms with Gasteiger partial charge in [0.25, 0.3) is 0 Å². The molecule has 0 bridgehead atoms. The third-order valence-electron chi connectivity index (χ3n) is 3.13. The Labute approximate surface area is 156 Å². The van der Waals surface area contributed by atoms with Crippen molar-refractivity contribution < 1.29 is 14.3 Å². The third-order valence-corrected chi connectivity index (χ3v) is 4.11. The van der Waals surface area contributed by atoms with Gasteiger partial charge in [-0.2, -0.15) is 0 Å². The van der Waals surface area contributed by atoms with E-state index in [-0.39, 0.29) is 17.6 Å². The summed E-state index contributed by atoms with van der Waals surface area (Å²) < 4.78 is 6.63. The molecule has 0 aliphatic rings. The standard InChI is InChI=1S/C18H20N4O3S/c1-3-11-22-13-19-21-18(22)26-12-16(23)20-15-8-5-14(6-9-15)7-10-17(24)25-4-2/h3,5-10,13H,1,4,11-12H2,2H3,(H,20,23)/b10-7+. The summed E-state index contributed by atoms with van der Waals surface area (Å²) in [4.78, 5) is 23.3. The van der Waals surface area contributed by atoms with Crippen molar-refractivity contribution in [3.8, 4) is 0 Å². The number of carbonyl (C=O) groups excluding carboxylic acids is 2. The van der Waals surface area contributed by atoms with Crippen molar-refractivity contribution >= 4 is 35.4 Å². The van der Waals surface area contributed by atoms with Crippen LogP contribution in [0.25, 0.3) is 6.08 Å². The number of allylic oxidation sites excluding steroid dienone is 1. The average Bonchev–Trinajstić information content (AvgIpc) is 3.07. The molecule has 0 saturated heterocycles. The number of nitrogens with zero attached hydrogens (tertiary/aromatic N) is 3. The first-order valence-corrected chi connectivity index (χ1v) is 8.97. The highest BCUT2D eigenvalue weighted by Gasteiger charge is 2.08. The van der Waals surface area contributed by atoms with E-state index < -0.39 is 0 Å². The molecular formula is C18H20N4O3S. The van der Waals surface area contributed by atoms with Gasteiger partial charge < -0.3 is 14.6 Å². The maximum absolute atomic E-state index is 12.1. The van der Waals surface area contributed by atoms with Crippen molar-refractivity contribution in [1.82, 2.24) is 14.8 Å². The molecule has 2 rings (SSSR count). The van der Waals surface area contributed by atoms with Gasteiger partial charge in [-0.25, -0.2) is 4.79 Å². The summed E-state index contributed by atoms with van der Waals surface area (Å²) in [6, 6.07) is 7.15. The molecule has 1 N–H and O–H groups in total. The zero-order chi connectivity index (χ0) is 18.8. The van der Waals surface area contributed by atoms with Crippen molar-refractivity contribution in [1.29, 1.82) is 0 Å². The number of thioether (sulfide) groups is 1. The molecule has 1 aromatic heterocycles. The van der Waals surface area contributed by atoms with Crippen molar-refractivity contribution in [3.63, 3.8) is 0 Å². The molecule has 1 aromatic carbocycles. The second-order valence-electron chi connectivity index (χ2n) is 5.10. The van der Waals surface area contributed by atoms with E-state index in [4.69, 9.17) is 4.74 Å². The van der Waals surface area contributed by atoms with Crippen LogP contribution in [-0.4, -0.2) is 39.0 Å². The maximum Gasteiger partial charge on any atom is 0.330 e. The van der Waals surface area contributed by atoms with Gasteiger partial charge in [-0.3, -0.25) is 4.79 Å². The molecule has 0 fully saturated rings. The normalized spacial score (nSPS) is 10.7. The summed E-state index contributed by atoms with van der Waals surface area (Å²) in [5.41, 5.74) is 1.51. The van der Waals surface area contributed by atoms with Crippen LogP contribution in [0.15, 0.2) is 54.5 Å². The zero-order valence-corrected chi connectivity index (χ0v) is 15.2. The van der Waals surface area contributed by atoms with Crippen molar-refractivity contribution in [2.75, 3.05) is 17.7 Å². The molecule has 1 heterocycles. The van der Waals surface area contributed by atoms with Gasteiger partial charge in [-0.15, -0.1) is 16.8 Å². The number of hydrogen-bond acceptors (Lipinski definition) is 6. The number of ether oxygens (including phenoxy) is 1. The molecule has 0 spiro atoms. The lowest BCUT2D eigenvalue weighted by atomic mass is 10.2. The third kappa shape index (κ3) is 6.21. The molecule has 2 aromatic rings. The number of nitrogens with one attached hydrogen (secondary N) is 1. The Balaban J connectivity index is 1.84. The van der Waals surface area contributed by atoms with E-state index in [1.54, 1.807) is 49.7 Å². The Morgan fingerprint density at radius 1 is 1.35 bits per heavy atom. The van der Waals surface area contributed by atoms with Crippen molar-refractivity contribution in [2.45, 2.75) is 18.6 Å². The van der Waals surface area contributed by atoms with Gasteiger partial charge in [0.15, 0.2) is 5.16 Å². The minimum absolute atomic E-state index is 0.141. The summed E-state index contributed by atoms with van der Waals surface area (Å²) in [5.74, 6) is -0.301. The number of esters is 1. The van der Waals surface area contributed by atoms with E-state index in [1.807, 2.05) is 4.57 Å². The first kappa shape index (κ1) is 19.5. The monoisotopic (exact) mass is 372 g/mol. The second kappa shape index (κ2) is 10.2. The van der Waals surface area contributed by atoms with Gasteiger partial charge in [0.2, 0.25) is 5.91 Å². The summed E-state index contributed by atoms with van der Waals surface area (Å²) >= 11 is 1.31. The smallest absolute Gasteiger partial charge is 0.330 e. The molecule has 1 amide bonds. The molecule has 136 valence electrons. The minimum Gasteiger partial charge on any atom is -0.463 e. The highest BCUT2D eigenvalue weighted by Crippen LogP contribution is 2.16. The Morgan fingerprint density at radius 3 is 2.81 bits per heavy atom. The number of anilines is 1. The van der Waals surface area contributed by atoms with E-state index in [1.165, 1.54) is 17.8 Å². The van der Waals surface area contributed by atoms with E-state index >= 15 is 0 Å². The van der Waals surface area contributed by atoms with Crippen LogP contribution < -0.4 is 5.32 Å². The number of carbonyl (C=O) groups is 2. The van der Waals surface area contributed by atoms with Gasteiger partial charge in [-0.1, -0.05) is 30.0 Å². The van der Waals surface area contributed by atoms with Gasteiger partial charge in [-0.05, 0) is 30.7 Å². The van der Waals surface area contributed by atoms with E-state index in [0.29, 0.717) is 24.0 Å². The number of benzene rings is 1. The summed E-state index contributed by atoms with van der Waals surface area (Å²) in [6.07, 6.45) is 6.37. The molecule has 0 atom stereocenters. The fourth-order valence-electron chi connectivity index (χ4n) is 1.98. The highest BCUT2D eigenvalue weighted by atomic mass is 32.2. The largest absolute Gasteiger partial charge is 0.463 e. The number of rotatable bonds is 9. The van der Waals surface area contributed by atoms with Crippen LogP contribution in [-0.2, 0) is 20.9 Å². The van der Waals surface area contributed by atoms with Gasteiger partial charge >= 0.3 is 5.97 Å². The van der Waals surface area contributed by atoms with Crippen LogP contribution in [0.2, 0.25) is 0 Å². The Kier molecular flexibility index (Phi) is 7.63. The highest BCUT2D eigenvalue weighted by molar-refractivity contribution is 7.99. The van der Waals surface area contributed by atoms with Gasteiger partial charge in [0, 0.05) is 18.3 Å². The summed E-state index contributed by atoms with van der Waals surface area (Å²) in [5, 5.41) is 11.3. The number of aromatic nitrogens is 3. The predicted octanol–water partition coefficient (Wildman–Crippen LogP) is 2.77. The van der Waals surface area contributed by atoms with E-state index in [9.17, 15) is 9.59 Å². The predicted molar refractivity (Wildman–Crippen MR) is 102 cm³/mol. The molecule has 7 nitrogen and oxygen atoms in total. The van der Waals surface area contributed by atoms with Crippen molar-refractivity contribution in [2.24, 2.45) is 0 Å². The van der Waals surface area contributed by atoms with Crippen LogP contribution in [0.4, 0.5) is 5.69 Å². The lowest BCUT2D eigenvalue weighted by Gasteiger charge is -2.06. The lowest BCUT2D eigenvalue weighted by molar-refractivity contribution is -0.137. The summed E-state index contributed by atoms with van der Waals surface area (Å²) in [6.45, 7) is 6.36. The van der Waals surface area contributed by atoms with Crippen LogP contribution in [0.5, 0.6) is 0 Å². The fourth-order valence-corrected chi connectivity index (χ4v) is 2.70.